The number of nitrogens with one attached hydrogen (secondary N) is 1. The summed E-state index contributed by atoms with van der Waals surface area (Å²) in [5.74, 6) is 1.35. The van der Waals surface area contributed by atoms with Crippen LogP contribution in [0.3, 0.4) is 0 Å². The van der Waals surface area contributed by atoms with Crippen LogP contribution in [0.2, 0.25) is 0 Å². The van der Waals surface area contributed by atoms with E-state index in [1.807, 2.05) is 17.0 Å². The van der Waals surface area contributed by atoms with Crippen molar-refractivity contribution in [1.82, 2.24) is 10.2 Å². The molecule has 1 N–H and O–H groups in total. The highest BCUT2D eigenvalue weighted by atomic mass is 19.1. The van der Waals surface area contributed by atoms with E-state index in [1.54, 1.807) is 26.4 Å². The van der Waals surface area contributed by atoms with E-state index < -0.39 is 0 Å². The average molecular weight is 386 g/mol. The summed E-state index contributed by atoms with van der Waals surface area (Å²) in [5.41, 5.74) is 3.40. The van der Waals surface area contributed by atoms with Gasteiger partial charge in [0.2, 0.25) is 5.91 Å². The van der Waals surface area contributed by atoms with E-state index in [4.69, 9.17) is 9.47 Å². The maximum Gasteiger partial charge on any atom is 0.224 e. The number of carbonyl (C=O) groups excluding carboxylic acids is 1. The van der Waals surface area contributed by atoms with E-state index >= 15 is 0 Å². The minimum atomic E-state index is -0.221. The van der Waals surface area contributed by atoms with Crippen molar-refractivity contribution >= 4 is 5.91 Å². The number of hydrogen-bond acceptors (Lipinski definition) is 4. The molecule has 2 aromatic carbocycles. The molecule has 1 amide bonds. The predicted octanol–water partition coefficient (Wildman–Crippen LogP) is 2.95. The molecule has 6 heteroatoms. The van der Waals surface area contributed by atoms with Crippen LogP contribution in [-0.2, 0) is 24.2 Å². The Balaban J connectivity index is 1.45. The predicted molar refractivity (Wildman–Crippen MR) is 106 cm³/mol. The van der Waals surface area contributed by atoms with Gasteiger partial charge in [-0.05, 0) is 60.3 Å². The Labute approximate surface area is 165 Å². The van der Waals surface area contributed by atoms with Gasteiger partial charge in [-0.3, -0.25) is 4.79 Å². The van der Waals surface area contributed by atoms with Crippen molar-refractivity contribution in [3.05, 3.63) is 58.9 Å². The molecule has 1 aliphatic heterocycles. The molecule has 0 saturated carbocycles. The lowest BCUT2D eigenvalue weighted by atomic mass is 9.98. The van der Waals surface area contributed by atoms with E-state index in [-0.39, 0.29) is 11.7 Å². The third-order valence-corrected chi connectivity index (χ3v) is 5.09. The van der Waals surface area contributed by atoms with Gasteiger partial charge in [0.25, 0.3) is 0 Å². The molecule has 1 heterocycles. The molecule has 0 radical (unpaired) electrons. The molecule has 1 aliphatic rings. The number of halogens is 1. The van der Waals surface area contributed by atoms with Crippen molar-refractivity contribution in [2.24, 2.45) is 0 Å². The average Bonchev–Trinajstić information content (AvgIpc) is 2.73. The number of nitrogens with zero attached hydrogens (tertiary/aromatic N) is 1. The lowest BCUT2D eigenvalue weighted by Crippen LogP contribution is -2.37. The number of rotatable bonds is 8. The molecule has 3 rings (SSSR count). The zero-order valence-corrected chi connectivity index (χ0v) is 16.5. The maximum absolute atomic E-state index is 12.9. The van der Waals surface area contributed by atoms with Crippen LogP contribution in [0.15, 0.2) is 36.4 Å². The third kappa shape index (κ3) is 5.01. The summed E-state index contributed by atoms with van der Waals surface area (Å²) in [7, 11) is 3.25. The molecule has 150 valence electrons. The number of amides is 1. The van der Waals surface area contributed by atoms with Crippen molar-refractivity contribution in [2.75, 3.05) is 33.9 Å². The van der Waals surface area contributed by atoms with Crippen LogP contribution in [-0.4, -0.2) is 44.7 Å². The SMILES string of the molecule is COc1cc2c(cc1OC)CN(C(=O)CCNCCc1ccc(F)cc1)CC2. The normalized spacial score (nSPS) is 13.2. The first-order valence-electron chi connectivity index (χ1n) is 9.57. The number of methoxy groups -OCH3 is 2. The maximum atomic E-state index is 12.9. The van der Waals surface area contributed by atoms with Gasteiger partial charge in [0.1, 0.15) is 5.82 Å². The molecule has 0 fully saturated rings. The van der Waals surface area contributed by atoms with E-state index in [1.165, 1.54) is 17.7 Å². The largest absolute Gasteiger partial charge is 0.493 e. The fourth-order valence-corrected chi connectivity index (χ4v) is 3.46. The summed E-state index contributed by atoms with van der Waals surface area (Å²) in [6.45, 7) is 2.72. The van der Waals surface area contributed by atoms with Crippen LogP contribution in [0.4, 0.5) is 4.39 Å². The smallest absolute Gasteiger partial charge is 0.224 e. The standard InChI is InChI=1S/C22H27FN2O3/c1-27-20-13-17-9-12-25(15-18(17)14-21(20)28-2)22(26)8-11-24-10-7-16-3-5-19(23)6-4-16/h3-6,13-14,24H,7-12,15H2,1-2H3. The Kier molecular flexibility index (Phi) is 6.87. The second-order valence-electron chi connectivity index (χ2n) is 6.92. The second-order valence-corrected chi connectivity index (χ2v) is 6.92. The first kappa shape index (κ1) is 20.1. The number of ether oxygens (including phenoxy) is 2. The minimum Gasteiger partial charge on any atom is -0.493 e. The Morgan fingerprint density at radius 1 is 1.07 bits per heavy atom. The van der Waals surface area contributed by atoms with E-state index in [0.29, 0.717) is 25.3 Å². The summed E-state index contributed by atoms with van der Waals surface area (Å²) >= 11 is 0. The summed E-state index contributed by atoms with van der Waals surface area (Å²) < 4.78 is 23.6. The molecule has 0 unspecified atom stereocenters. The van der Waals surface area contributed by atoms with Gasteiger partial charge in [0.15, 0.2) is 11.5 Å². The molecule has 0 aromatic heterocycles. The first-order chi connectivity index (χ1) is 13.6. The molecular weight excluding hydrogens is 359 g/mol. The van der Waals surface area contributed by atoms with Crippen molar-refractivity contribution < 1.29 is 18.7 Å². The van der Waals surface area contributed by atoms with Gasteiger partial charge in [-0.25, -0.2) is 4.39 Å². The van der Waals surface area contributed by atoms with Gasteiger partial charge in [0, 0.05) is 26.1 Å². The molecule has 0 saturated heterocycles. The van der Waals surface area contributed by atoms with E-state index in [9.17, 15) is 9.18 Å². The zero-order valence-electron chi connectivity index (χ0n) is 16.5. The molecule has 28 heavy (non-hydrogen) atoms. The fraction of sp³-hybridized carbons (Fsp3) is 0.409. The monoisotopic (exact) mass is 386 g/mol. The van der Waals surface area contributed by atoms with Crippen LogP contribution in [0.5, 0.6) is 11.5 Å². The van der Waals surface area contributed by atoms with Crippen molar-refractivity contribution in [2.45, 2.75) is 25.8 Å². The topological polar surface area (TPSA) is 50.8 Å². The van der Waals surface area contributed by atoms with Crippen molar-refractivity contribution in [3.63, 3.8) is 0 Å². The summed E-state index contributed by atoms with van der Waals surface area (Å²) in [6, 6.07) is 10.5. The molecule has 2 aromatic rings. The van der Waals surface area contributed by atoms with Crippen LogP contribution < -0.4 is 14.8 Å². The Morgan fingerprint density at radius 3 is 2.43 bits per heavy atom. The summed E-state index contributed by atoms with van der Waals surface area (Å²) in [6.07, 6.45) is 2.10. The van der Waals surface area contributed by atoms with Gasteiger partial charge in [-0.1, -0.05) is 12.1 Å². The fourth-order valence-electron chi connectivity index (χ4n) is 3.46. The van der Waals surface area contributed by atoms with Crippen molar-refractivity contribution in [1.29, 1.82) is 0 Å². The van der Waals surface area contributed by atoms with Crippen LogP contribution in [0.25, 0.3) is 0 Å². The number of benzene rings is 2. The van der Waals surface area contributed by atoms with Crippen LogP contribution >= 0.6 is 0 Å². The molecule has 0 aliphatic carbocycles. The highest BCUT2D eigenvalue weighted by Gasteiger charge is 2.22. The van der Waals surface area contributed by atoms with Crippen LogP contribution in [0.1, 0.15) is 23.1 Å². The van der Waals surface area contributed by atoms with Gasteiger partial charge in [-0.2, -0.15) is 0 Å². The van der Waals surface area contributed by atoms with Gasteiger partial charge in [-0.15, -0.1) is 0 Å². The molecule has 0 spiro atoms. The Hall–Kier alpha value is -2.60. The Bertz CT molecular complexity index is 808. The number of fused-ring (bicyclic) bond motifs is 1. The molecular formula is C22H27FN2O3. The lowest BCUT2D eigenvalue weighted by Gasteiger charge is -2.29. The summed E-state index contributed by atoms with van der Waals surface area (Å²) in [5, 5.41) is 3.29. The Morgan fingerprint density at radius 2 is 1.75 bits per heavy atom. The van der Waals surface area contributed by atoms with E-state index in [0.717, 1.165) is 42.8 Å². The van der Waals surface area contributed by atoms with Crippen molar-refractivity contribution in [3.8, 4) is 11.5 Å². The lowest BCUT2D eigenvalue weighted by molar-refractivity contribution is -0.132. The first-order valence-corrected chi connectivity index (χ1v) is 9.57. The number of hydrogen-bond donors (Lipinski definition) is 1. The zero-order chi connectivity index (χ0) is 19.9. The minimum absolute atomic E-state index is 0.148. The van der Waals surface area contributed by atoms with E-state index in [2.05, 4.69) is 5.32 Å². The highest BCUT2D eigenvalue weighted by molar-refractivity contribution is 5.76. The number of carbonyl (C=O) groups is 1. The molecule has 5 nitrogen and oxygen atoms in total. The second kappa shape index (κ2) is 9.55. The quantitative estimate of drug-likeness (QED) is 0.709. The van der Waals surface area contributed by atoms with Gasteiger partial charge < -0.3 is 19.7 Å². The highest BCUT2D eigenvalue weighted by Crippen LogP contribution is 2.33. The molecule has 0 atom stereocenters. The molecule has 0 bridgehead atoms. The third-order valence-electron chi connectivity index (χ3n) is 5.09. The summed E-state index contributed by atoms with van der Waals surface area (Å²) in [4.78, 5) is 14.4. The van der Waals surface area contributed by atoms with Gasteiger partial charge >= 0.3 is 0 Å². The van der Waals surface area contributed by atoms with Gasteiger partial charge in [0.05, 0.1) is 14.2 Å². The van der Waals surface area contributed by atoms with Crippen LogP contribution in [0, 0.1) is 5.82 Å².